The first-order chi connectivity index (χ1) is 21.5. The maximum absolute atomic E-state index is 12.2. The third kappa shape index (κ3) is 9.99. The van der Waals surface area contributed by atoms with Gasteiger partial charge in [-0.2, -0.15) is 0 Å². The quantitative estimate of drug-likeness (QED) is 0.0906. The molecule has 4 rings (SSSR count). The minimum atomic E-state index is -1.37. The van der Waals surface area contributed by atoms with Crippen LogP contribution in [0.25, 0.3) is 22.2 Å². The van der Waals surface area contributed by atoms with Gasteiger partial charge in [0.1, 0.15) is 5.76 Å². The number of rotatable bonds is 11. The van der Waals surface area contributed by atoms with Crippen LogP contribution in [0, 0.1) is 36.7 Å². The first-order valence-electron chi connectivity index (χ1n) is 17.9. The summed E-state index contributed by atoms with van der Waals surface area (Å²) in [6.07, 6.45) is 10.3. The number of hydrogen-bond donors (Lipinski definition) is 1. The van der Waals surface area contributed by atoms with Crippen molar-refractivity contribution < 1.29 is 30.0 Å². The Morgan fingerprint density at radius 2 is 1.53 bits per heavy atom. The summed E-state index contributed by atoms with van der Waals surface area (Å²) in [5, 5.41) is 13.0. The Balaban J connectivity index is 0.000000370. The summed E-state index contributed by atoms with van der Waals surface area (Å²) in [6.45, 7) is 26.1. The van der Waals surface area contributed by atoms with Crippen LogP contribution in [-0.4, -0.2) is 23.9 Å². The number of carbonyl (C=O) groups excluding carboxylic acids is 1. The fraction of sp³-hybridized carbons (Fsp3) is 0.571. The first-order valence-corrected chi connectivity index (χ1v) is 21.4. The van der Waals surface area contributed by atoms with Gasteiger partial charge in [0, 0.05) is 42.4 Å². The molecule has 0 saturated heterocycles. The maximum Gasteiger partial charge on any atom is 0.164 e. The van der Waals surface area contributed by atoms with E-state index in [1.165, 1.54) is 59.0 Å². The van der Waals surface area contributed by atoms with E-state index >= 15 is 0 Å². The van der Waals surface area contributed by atoms with Crippen molar-refractivity contribution in [3.63, 3.8) is 0 Å². The number of aliphatic hydroxyl groups excluding tert-OH is 1. The van der Waals surface area contributed by atoms with E-state index in [0.29, 0.717) is 5.92 Å². The Hall–Kier alpha value is -2.07. The minimum absolute atomic E-state index is 0. The summed E-state index contributed by atoms with van der Waals surface area (Å²) < 4.78 is 0. The Labute approximate surface area is 301 Å². The van der Waals surface area contributed by atoms with Crippen LogP contribution in [-0.2, 0) is 24.9 Å². The third-order valence-corrected chi connectivity index (χ3v) is 13.4. The first kappa shape index (κ1) is 41.1. The van der Waals surface area contributed by atoms with Crippen LogP contribution in [0.15, 0.2) is 48.2 Å². The van der Waals surface area contributed by atoms with E-state index in [1.807, 2.05) is 41.5 Å². The second-order valence-electron chi connectivity index (χ2n) is 15.6. The van der Waals surface area contributed by atoms with E-state index in [4.69, 9.17) is 4.98 Å². The van der Waals surface area contributed by atoms with E-state index in [0.717, 1.165) is 48.4 Å². The molecule has 0 aliphatic heterocycles. The van der Waals surface area contributed by atoms with Gasteiger partial charge in [0.2, 0.25) is 0 Å². The fourth-order valence-corrected chi connectivity index (χ4v) is 7.82. The average Bonchev–Trinajstić information content (AvgIpc) is 3.57. The number of fused-ring (bicyclic) bond motifs is 1. The molecule has 1 radical (unpaired) electrons. The Morgan fingerprint density at radius 1 is 0.957 bits per heavy atom. The van der Waals surface area contributed by atoms with Gasteiger partial charge in [-0.05, 0) is 67.7 Å². The molecule has 1 unspecified atom stereocenters. The standard InChI is InChI=1S/C27H34NSi.C15H28O2.Ir/c1-18-13-19(2)15-22(14-18)27-17-24(20(3)21-9-7-8-10-21)25-16-23(29(4,5)6)11-12-26(25)28-27;1-7-14(5,8-2)12(16)11-13(17)15(6,9-3)10-4;/h11-14,16-17,20-21H,7-10H2,1-6H3;11,16H,7-10H2,1-6H3;/q-1;;/b;12-11-;. The number of ketones is 1. The topological polar surface area (TPSA) is 50.2 Å². The number of aliphatic hydroxyl groups is 1. The van der Waals surface area contributed by atoms with Gasteiger partial charge in [0.05, 0.1) is 13.6 Å². The number of carbonyl (C=O) groups is 1. The molecular weight excluding hydrogens is 771 g/mol. The monoisotopic (exact) mass is 833 g/mol. The van der Waals surface area contributed by atoms with Crippen molar-refractivity contribution in [3.05, 3.63) is 71.0 Å². The Morgan fingerprint density at radius 3 is 2.04 bits per heavy atom. The summed E-state index contributed by atoms with van der Waals surface area (Å²) >= 11 is 0. The molecule has 1 aliphatic rings. The normalized spacial score (nSPS) is 15.2. The zero-order valence-electron chi connectivity index (χ0n) is 31.5. The number of nitrogens with zero attached hydrogens (tertiary/aromatic N) is 1. The summed E-state index contributed by atoms with van der Waals surface area (Å²) in [4.78, 5) is 17.3. The minimum Gasteiger partial charge on any atom is -0.512 e. The van der Waals surface area contributed by atoms with Gasteiger partial charge in [0.15, 0.2) is 5.78 Å². The second kappa shape index (κ2) is 17.0. The largest absolute Gasteiger partial charge is 0.512 e. The Bertz CT molecular complexity index is 1500. The van der Waals surface area contributed by atoms with Crippen LogP contribution in [0.1, 0.15) is 122 Å². The van der Waals surface area contributed by atoms with Crippen LogP contribution >= 0.6 is 0 Å². The molecule has 47 heavy (non-hydrogen) atoms. The van der Waals surface area contributed by atoms with Crippen molar-refractivity contribution in [3.8, 4) is 11.3 Å². The van der Waals surface area contributed by atoms with E-state index in [2.05, 4.69) is 82.9 Å². The summed E-state index contributed by atoms with van der Waals surface area (Å²) in [5.41, 5.74) is 6.68. The summed E-state index contributed by atoms with van der Waals surface area (Å²) in [6, 6.07) is 17.4. The second-order valence-corrected chi connectivity index (χ2v) is 20.7. The predicted molar refractivity (Wildman–Crippen MR) is 202 cm³/mol. The molecule has 0 bridgehead atoms. The van der Waals surface area contributed by atoms with E-state index in [-0.39, 0.29) is 42.5 Å². The van der Waals surface area contributed by atoms with Crippen molar-refractivity contribution in [1.82, 2.24) is 4.98 Å². The maximum atomic E-state index is 12.2. The van der Waals surface area contributed by atoms with Crippen LogP contribution in [0.3, 0.4) is 0 Å². The van der Waals surface area contributed by atoms with Crippen molar-refractivity contribution in [1.29, 1.82) is 0 Å². The van der Waals surface area contributed by atoms with Gasteiger partial charge in [-0.1, -0.05) is 118 Å². The van der Waals surface area contributed by atoms with Crippen LogP contribution in [0.2, 0.25) is 19.6 Å². The summed E-state index contributed by atoms with van der Waals surface area (Å²) in [7, 11) is -1.37. The molecule has 1 N–H and O–H groups in total. The van der Waals surface area contributed by atoms with Gasteiger partial charge in [-0.25, -0.2) is 0 Å². The van der Waals surface area contributed by atoms with E-state index in [1.54, 1.807) is 0 Å². The number of benzene rings is 2. The van der Waals surface area contributed by atoms with Crippen LogP contribution < -0.4 is 5.19 Å². The van der Waals surface area contributed by atoms with Gasteiger partial charge >= 0.3 is 0 Å². The Kier molecular flexibility index (Phi) is 14.9. The average molecular weight is 833 g/mol. The van der Waals surface area contributed by atoms with Crippen molar-refractivity contribution >= 4 is 29.9 Å². The molecule has 1 aliphatic carbocycles. The van der Waals surface area contributed by atoms with Crippen molar-refractivity contribution in [2.45, 2.75) is 139 Å². The number of hydrogen-bond acceptors (Lipinski definition) is 3. The smallest absolute Gasteiger partial charge is 0.164 e. The number of allylic oxidation sites excluding steroid dienone is 2. The molecule has 5 heteroatoms. The third-order valence-electron chi connectivity index (χ3n) is 11.3. The predicted octanol–water partition coefficient (Wildman–Crippen LogP) is 11.8. The molecule has 1 atom stereocenters. The fourth-order valence-electron chi connectivity index (χ4n) is 6.66. The van der Waals surface area contributed by atoms with Gasteiger partial charge < -0.3 is 5.11 Å². The van der Waals surface area contributed by atoms with E-state index in [9.17, 15) is 9.90 Å². The van der Waals surface area contributed by atoms with Crippen LogP contribution in [0.5, 0.6) is 0 Å². The van der Waals surface area contributed by atoms with Gasteiger partial charge in [-0.15, -0.1) is 34.9 Å². The van der Waals surface area contributed by atoms with E-state index < -0.39 is 8.07 Å². The summed E-state index contributed by atoms with van der Waals surface area (Å²) in [5.74, 6) is 1.66. The molecule has 1 fully saturated rings. The molecule has 3 aromatic rings. The number of pyridine rings is 1. The molecule has 0 spiro atoms. The molecule has 0 amide bonds. The molecule has 1 heterocycles. The molecular formula is C42H62IrNO2Si-. The molecule has 3 nitrogen and oxygen atoms in total. The molecule has 1 aromatic heterocycles. The van der Waals surface area contributed by atoms with Gasteiger partial charge in [-0.3, -0.25) is 9.78 Å². The van der Waals surface area contributed by atoms with Gasteiger partial charge in [0.25, 0.3) is 0 Å². The van der Waals surface area contributed by atoms with Crippen molar-refractivity contribution in [2.75, 3.05) is 0 Å². The number of aromatic nitrogens is 1. The zero-order valence-corrected chi connectivity index (χ0v) is 34.9. The van der Waals surface area contributed by atoms with Crippen molar-refractivity contribution in [2.24, 2.45) is 16.7 Å². The molecule has 2 aromatic carbocycles. The molecule has 261 valence electrons. The zero-order chi connectivity index (χ0) is 34.4. The molecule has 1 saturated carbocycles. The van der Waals surface area contributed by atoms with Crippen LogP contribution in [0.4, 0.5) is 0 Å². The number of aryl methyl sites for hydroxylation is 2. The SMILES string of the molecule is CCC(C)(CC)C(=O)/C=C(\O)C(C)(CC)CC.Cc1[c-]c(-c2cc(C(C)C3CCCC3)c3cc([Si](C)(C)C)ccc3n2)cc(C)c1.[Ir].